The number of benzene rings is 2. The number of nitrogens with zero attached hydrogens (tertiary/aromatic N) is 2. The van der Waals surface area contributed by atoms with Crippen LogP contribution in [0, 0.1) is 0 Å². The first-order valence-corrected chi connectivity index (χ1v) is 12.4. The van der Waals surface area contributed by atoms with E-state index >= 15 is 0 Å². The van der Waals surface area contributed by atoms with Crippen molar-refractivity contribution in [1.82, 2.24) is 14.9 Å². The van der Waals surface area contributed by atoms with Gasteiger partial charge >= 0.3 is 0 Å². The van der Waals surface area contributed by atoms with Gasteiger partial charge < -0.3 is 14.6 Å². The maximum absolute atomic E-state index is 6.38. The van der Waals surface area contributed by atoms with Crippen LogP contribution in [0.1, 0.15) is 11.3 Å². The molecule has 5 rings (SSSR count). The van der Waals surface area contributed by atoms with Crippen molar-refractivity contribution < 1.29 is 4.74 Å². The lowest BCUT2D eigenvalue weighted by atomic mass is 10.1. The highest BCUT2D eigenvalue weighted by Gasteiger charge is 2.20. The van der Waals surface area contributed by atoms with Crippen LogP contribution in [0.3, 0.4) is 0 Å². The summed E-state index contributed by atoms with van der Waals surface area (Å²) in [5.41, 5.74) is 4.64. The number of nitrogens with one attached hydrogen (secondary N) is 1. The van der Waals surface area contributed by atoms with Gasteiger partial charge in [-0.05, 0) is 58.7 Å². The maximum Gasteiger partial charge on any atom is 0.159 e. The zero-order chi connectivity index (χ0) is 21.5. The van der Waals surface area contributed by atoms with E-state index in [4.69, 9.17) is 27.9 Å². The lowest BCUT2D eigenvalue weighted by Crippen LogP contribution is -2.18. The van der Waals surface area contributed by atoms with Gasteiger partial charge in [-0.25, -0.2) is 0 Å². The van der Waals surface area contributed by atoms with Gasteiger partial charge in [-0.2, -0.15) is 0 Å². The van der Waals surface area contributed by atoms with Crippen LogP contribution in [0.2, 0.25) is 10.0 Å². The quantitative estimate of drug-likeness (QED) is 0.288. The predicted octanol–water partition coefficient (Wildman–Crippen LogP) is 6.79. The summed E-state index contributed by atoms with van der Waals surface area (Å²) in [4.78, 5) is 4.54. The molecule has 0 saturated carbocycles. The normalized spacial score (nSPS) is 14.1. The third kappa shape index (κ3) is 3.98. The molecule has 0 unspecified atom stereocenters. The standard InChI is InChI=1S/C23H19Br2Cl2N3O/c24-16-11-17(25)23(22-14(16)2-1-5-29-22)31-9-8-30-20-4-7-28-6-3-13(20)15-10-18(26)19(27)12-21(15)30/h1-2,5,10-12,28H,3-4,6-9H2. The molecule has 4 aromatic rings. The minimum atomic E-state index is 0.510. The van der Waals surface area contributed by atoms with Gasteiger partial charge in [-0.1, -0.05) is 45.2 Å². The average Bonchev–Trinajstić information content (AvgIpc) is 2.90. The summed E-state index contributed by atoms with van der Waals surface area (Å²) in [6, 6.07) is 9.94. The Hall–Kier alpha value is -1.31. The Morgan fingerprint density at radius 2 is 1.84 bits per heavy atom. The molecule has 1 N–H and O–H groups in total. The molecule has 4 nitrogen and oxygen atoms in total. The Balaban J connectivity index is 1.50. The fourth-order valence-electron chi connectivity index (χ4n) is 4.35. The molecule has 0 spiro atoms. The molecule has 0 fully saturated rings. The Kier molecular flexibility index (Phi) is 6.19. The average molecular weight is 584 g/mol. The molecule has 3 heterocycles. The van der Waals surface area contributed by atoms with Crippen LogP contribution in [0.15, 0.2) is 45.5 Å². The maximum atomic E-state index is 6.38. The summed E-state index contributed by atoms with van der Waals surface area (Å²) in [6.45, 7) is 3.14. The van der Waals surface area contributed by atoms with E-state index in [0.717, 1.165) is 57.0 Å². The molecule has 8 heteroatoms. The molecular formula is C23H19Br2Cl2N3O. The highest BCUT2D eigenvalue weighted by molar-refractivity contribution is 9.11. The molecule has 31 heavy (non-hydrogen) atoms. The summed E-state index contributed by atoms with van der Waals surface area (Å²) >= 11 is 20.0. The first-order chi connectivity index (χ1) is 15.0. The molecule has 0 atom stereocenters. The van der Waals surface area contributed by atoms with Gasteiger partial charge in [0.05, 0.1) is 26.6 Å². The molecular weight excluding hydrogens is 565 g/mol. The van der Waals surface area contributed by atoms with Crippen LogP contribution in [0.4, 0.5) is 0 Å². The van der Waals surface area contributed by atoms with Crippen molar-refractivity contribution in [2.24, 2.45) is 0 Å². The first-order valence-electron chi connectivity index (χ1n) is 10.1. The number of fused-ring (bicyclic) bond motifs is 4. The Morgan fingerprint density at radius 1 is 1.03 bits per heavy atom. The number of ether oxygens (including phenoxy) is 1. The van der Waals surface area contributed by atoms with Crippen molar-refractivity contribution in [3.05, 3.63) is 66.8 Å². The molecule has 0 amide bonds. The molecule has 160 valence electrons. The van der Waals surface area contributed by atoms with Crippen molar-refractivity contribution in [2.75, 3.05) is 19.7 Å². The van der Waals surface area contributed by atoms with E-state index in [2.05, 4.69) is 46.7 Å². The van der Waals surface area contributed by atoms with Crippen molar-refractivity contribution >= 4 is 76.9 Å². The molecule has 1 aliphatic rings. The molecule has 0 saturated heterocycles. The third-order valence-electron chi connectivity index (χ3n) is 5.73. The van der Waals surface area contributed by atoms with Crippen LogP contribution in [0.5, 0.6) is 5.75 Å². The number of rotatable bonds is 4. The molecule has 0 radical (unpaired) electrons. The molecule has 1 aliphatic heterocycles. The number of hydrogen-bond donors (Lipinski definition) is 1. The van der Waals surface area contributed by atoms with E-state index in [-0.39, 0.29) is 0 Å². The van der Waals surface area contributed by atoms with E-state index in [1.165, 1.54) is 16.6 Å². The second-order valence-electron chi connectivity index (χ2n) is 7.53. The predicted molar refractivity (Wildman–Crippen MR) is 135 cm³/mol. The van der Waals surface area contributed by atoms with E-state index in [1.807, 2.05) is 30.3 Å². The number of halogens is 4. The Labute approximate surface area is 207 Å². The van der Waals surface area contributed by atoms with Crippen LogP contribution in [-0.2, 0) is 19.4 Å². The van der Waals surface area contributed by atoms with Gasteiger partial charge in [-0.3, -0.25) is 4.98 Å². The van der Waals surface area contributed by atoms with E-state index in [1.54, 1.807) is 6.20 Å². The summed E-state index contributed by atoms with van der Waals surface area (Å²) in [7, 11) is 0. The van der Waals surface area contributed by atoms with Crippen molar-refractivity contribution in [1.29, 1.82) is 0 Å². The fourth-order valence-corrected chi connectivity index (χ4v) is 6.06. The summed E-state index contributed by atoms with van der Waals surface area (Å²) in [5, 5.41) is 6.87. The Bertz CT molecular complexity index is 1310. The second kappa shape index (κ2) is 8.91. The molecule has 0 aliphatic carbocycles. The van der Waals surface area contributed by atoms with Gasteiger partial charge in [-0.15, -0.1) is 0 Å². The Morgan fingerprint density at radius 3 is 2.71 bits per heavy atom. The van der Waals surface area contributed by atoms with Gasteiger partial charge in [0.1, 0.15) is 12.1 Å². The molecule has 0 bridgehead atoms. The van der Waals surface area contributed by atoms with Crippen molar-refractivity contribution in [3.8, 4) is 5.75 Å². The smallest absolute Gasteiger partial charge is 0.159 e. The van der Waals surface area contributed by atoms with Gasteiger partial charge in [0.2, 0.25) is 0 Å². The SMILES string of the molecule is Clc1cc2c3c(n(CCOc4c(Br)cc(Br)c5cccnc45)c2cc1Cl)CCNCC3. The zero-order valence-electron chi connectivity index (χ0n) is 16.5. The van der Waals surface area contributed by atoms with Crippen LogP contribution in [0.25, 0.3) is 21.8 Å². The summed E-state index contributed by atoms with van der Waals surface area (Å²) in [6.07, 6.45) is 3.72. The summed E-state index contributed by atoms with van der Waals surface area (Å²) < 4.78 is 10.5. The van der Waals surface area contributed by atoms with Crippen LogP contribution in [-0.4, -0.2) is 29.2 Å². The monoisotopic (exact) mass is 581 g/mol. The topological polar surface area (TPSA) is 39.1 Å². The fraction of sp³-hybridized carbons (Fsp3) is 0.261. The number of pyridine rings is 1. The highest BCUT2D eigenvalue weighted by atomic mass is 79.9. The zero-order valence-corrected chi connectivity index (χ0v) is 21.2. The van der Waals surface area contributed by atoms with Crippen LogP contribution < -0.4 is 10.1 Å². The minimum Gasteiger partial charge on any atom is -0.488 e. The minimum absolute atomic E-state index is 0.510. The van der Waals surface area contributed by atoms with Gasteiger partial charge in [0, 0.05) is 40.1 Å². The molecule has 2 aromatic heterocycles. The van der Waals surface area contributed by atoms with Gasteiger partial charge in [0.15, 0.2) is 5.75 Å². The largest absolute Gasteiger partial charge is 0.488 e. The van der Waals surface area contributed by atoms with Crippen LogP contribution >= 0.6 is 55.1 Å². The van der Waals surface area contributed by atoms with E-state index in [0.29, 0.717) is 23.2 Å². The van der Waals surface area contributed by atoms with Crippen molar-refractivity contribution in [3.63, 3.8) is 0 Å². The second-order valence-corrected chi connectivity index (χ2v) is 10.1. The lowest BCUT2D eigenvalue weighted by molar-refractivity contribution is 0.300. The first kappa shape index (κ1) is 21.5. The third-order valence-corrected chi connectivity index (χ3v) is 7.70. The number of aromatic nitrogens is 2. The lowest BCUT2D eigenvalue weighted by Gasteiger charge is -2.15. The van der Waals surface area contributed by atoms with E-state index < -0.39 is 0 Å². The highest BCUT2D eigenvalue weighted by Crippen LogP contribution is 2.38. The number of hydrogen-bond acceptors (Lipinski definition) is 3. The summed E-state index contributed by atoms with van der Waals surface area (Å²) in [5.74, 6) is 0.754. The van der Waals surface area contributed by atoms with Gasteiger partial charge in [0.25, 0.3) is 0 Å². The van der Waals surface area contributed by atoms with Crippen molar-refractivity contribution in [2.45, 2.75) is 19.4 Å². The van der Waals surface area contributed by atoms with E-state index in [9.17, 15) is 0 Å². The molecule has 2 aromatic carbocycles.